The first-order chi connectivity index (χ1) is 10.4. The minimum Gasteiger partial charge on any atom is -0.337 e. The molecule has 0 aromatic carbocycles. The third-order valence-electron chi connectivity index (χ3n) is 5.68. The van der Waals surface area contributed by atoms with E-state index in [4.69, 9.17) is 5.73 Å². The number of carbonyl (C=O) groups excluding carboxylic acids is 1. The predicted molar refractivity (Wildman–Crippen MR) is 84.6 cm³/mol. The molecular weight excluding hydrogens is 302 g/mol. The maximum Gasteiger partial charge on any atom is 0.240 e. The summed E-state index contributed by atoms with van der Waals surface area (Å²) in [6.45, 7) is 1.16. The number of nitrogens with two attached hydrogens (primary N) is 1. The van der Waals surface area contributed by atoms with Gasteiger partial charge in [-0.15, -0.1) is 0 Å². The average Bonchev–Trinajstić information content (AvgIpc) is 3.07. The van der Waals surface area contributed by atoms with Crippen LogP contribution in [0.25, 0.3) is 0 Å². The number of fused-ring (bicyclic) bond motifs is 1. The van der Waals surface area contributed by atoms with E-state index in [0.29, 0.717) is 19.0 Å². The van der Waals surface area contributed by atoms with Gasteiger partial charge in [0.05, 0.1) is 12.3 Å². The van der Waals surface area contributed by atoms with E-state index in [2.05, 4.69) is 0 Å². The zero-order valence-corrected chi connectivity index (χ0v) is 14.1. The Balaban J connectivity index is 1.67. The second kappa shape index (κ2) is 6.09. The number of likely N-dealkylation sites (tertiary alicyclic amines) is 1. The molecule has 7 heteroatoms. The topological polar surface area (TPSA) is 83.7 Å². The highest BCUT2D eigenvalue weighted by Crippen LogP contribution is 2.34. The van der Waals surface area contributed by atoms with E-state index in [1.807, 2.05) is 4.90 Å². The van der Waals surface area contributed by atoms with Gasteiger partial charge < -0.3 is 10.6 Å². The lowest BCUT2D eigenvalue weighted by molar-refractivity contribution is -0.135. The van der Waals surface area contributed by atoms with Gasteiger partial charge in [0.15, 0.2) is 0 Å². The Labute approximate surface area is 133 Å². The van der Waals surface area contributed by atoms with Crippen molar-refractivity contribution < 1.29 is 13.2 Å². The molecule has 0 aromatic heterocycles. The van der Waals surface area contributed by atoms with Crippen molar-refractivity contribution in [3.8, 4) is 0 Å². The van der Waals surface area contributed by atoms with Gasteiger partial charge in [0.2, 0.25) is 15.9 Å². The normalized spacial score (nSPS) is 32.2. The van der Waals surface area contributed by atoms with Gasteiger partial charge in [0, 0.05) is 25.2 Å². The third kappa shape index (κ3) is 2.90. The fraction of sp³-hybridized carbons (Fsp3) is 0.933. The lowest BCUT2D eigenvalue weighted by atomic mass is 9.83. The molecule has 6 nitrogen and oxygen atoms in total. The summed E-state index contributed by atoms with van der Waals surface area (Å²) < 4.78 is 25.2. The lowest BCUT2D eigenvalue weighted by Gasteiger charge is -2.32. The number of rotatable bonds is 3. The van der Waals surface area contributed by atoms with Crippen LogP contribution in [0, 0.1) is 5.92 Å². The fourth-order valence-corrected chi connectivity index (χ4v) is 5.69. The summed E-state index contributed by atoms with van der Waals surface area (Å²) in [6, 6.07) is -0.430. The largest absolute Gasteiger partial charge is 0.337 e. The van der Waals surface area contributed by atoms with E-state index in [0.717, 1.165) is 25.7 Å². The minimum atomic E-state index is -3.18. The molecule has 1 amide bonds. The van der Waals surface area contributed by atoms with Crippen molar-refractivity contribution in [3.05, 3.63) is 0 Å². The molecule has 1 saturated carbocycles. The van der Waals surface area contributed by atoms with Crippen LogP contribution >= 0.6 is 0 Å². The molecule has 2 saturated heterocycles. The van der Waals surface area contributed by atoms with Crippen molar-refractivity contribution in [2.24, 2.45) is 11.7 Å². The molecule has 1 aliphatic carbocycles. The summed E-state index contributed by atoms with van der Waals surface area (Å²) in [6.07, 6.45) is 8.40. The lowest BCUT2D eigenvalue weighted by Crippen LogP contribution is -2.50. The van der Waals surface area contributed by atoms with Crippen molar-refractivity contribution in [2.75, 3.05) is 19.3 Å². The van der Waals surface area contributed by atoms with E-state index in [1.165, 1.54) is 25.5 Å². The molecule has 0 bridgehead atoms. The molecule has 0 radical (unpaired) electrons. The number of carbonyl (C=O) groups is 1. The van der Waals surface area contributed by atoms with Crippen molar-refractivity contribution >= 4 is 15.9 Å². The average molecular weight is 329 g/mol. The number of hydrogen-bond donors (Lipinski definition) is 1. The molecule has 0 aromatic rings. The zero-order chi connectivity index (χ0) is 15.9. The summed E-state index contributed by atoms with van der Waals surface area (Å²) in [7, 11) is -3.18. The van der Waals surface area contributed by atoms with E-state index in [1.54, 1.807) is 4.31 Å². The summed E-state index contributed by atoms with van der Waals surface area (Å²) in [5.41, 5.74) is 6.25. The first kappa shape index (κ1) is 16.2. The van der Waals surface area contributed by atoms with Gasteiger partial charge in [-0.1, -0.05) is 19.3 Å². The molecule has 3 atom stereocenters. The maximum atomic E-state index is 12.8. The van der Waals surface area contributed by atoms with Crippen molar-refractivity contribution in [2.45, 2.75) is 63.1 Å². The van der Waals surface area contributed by atoms with Crippen LogP contribution in [0.4, 0.5) is 0 Å². The van der Waals surface area contributed by atoms with E-state index < -0.39 is 16.1 Å². The number of sulfonamides is 1. The molecular formula is C15H27N3O3S. The van der Waals surface area contributed by atoms with Crippen LogP contribution in [0.5, 0.6) is 0 Å². The first-order valence-electron chi connectivity index (χ1n) is 8.42. The highest BCUT2D eigenvalue weighted by molar-refractivity contribution is 7.88. The minimum absolute atomic E-state index is 0.0249. The molecule has 2 N–H and O–H groups in total. The van der Waals surface area contributed by atoms with Crippen LogP contribution in [-0.2, 0) is 14.8 Å². The predicted octanol–water partition coefficient (Wildman–Crippen LogP) is 0.529. The van der Waals surface area contributed by atoms with Gasteiger partial charge in [-0.3, -0.25) is 4.79 Å². The van der Waals surface area contributed by atoms with E-state index >= 15 is 0 Å². The smallest absolute Gasteiger partial charge is 0.240 e. The van der Waals surface area contributed by atoms with E-state index in [-0.39, 0.29) is 18.0 Å². The van der Waals surface area contributed by atoms with E-state index in [9.17, 15) is 13.2 Å². The van der Waals surface area contributed by atoms with Crippen LogP contribution in [-0.4, -0.2) is 61.0 Å². The summed E-state index contributed by atoms with van der Waals surface area (Å²) in [5, 5.41) is 0. The van der Waals surface area contributed by atoms with Gasteiger partial charge in [-0.05, 0) is 31.6 Å². The summed E-state index contributed by atoms with van der Waals surface area (Å²) >= 11 is 0. The van der Waals surface area contributed by atoms with Crippen LogP contribution < -0.4 is 5.73 Å². The molecule has 2 aliphatic heterocycles. The second-order valence-electron chi connectivity index (χ2n) is 7.04. The zero-order valence-electron chi connectivity index (χ0n) is 13.3. The van der Waals surface area contributed by atoms with Crippen LogP contribution in [0.3, 0.4) is 0 Å². The Morgan fingerprint density at radius 1 is 1.05 bits per heavy atom. The summed E-state index contributed by atoms with van der Waals surface area (Å²) in [4.78, 5) is 14.6. The molecule has 3 rings (SSSR count). The maximum absolute atomic E-state index is 12.8. The number of hydrogen-bond acceptors (Lipinski definition) is 4. The van der Waals surface area contributed by atoms with Crippen molar-refractivity contribution in [1.29, 1.82) is 0 Å². The molecule has 22 heavy (non-hydrogen) atoms. The number of amides is 1. The Morgan fingerprint density at radius 3 is 2.32 bits per heavy atom. The Kier molecular flexibility index (Phi) is 4.49. The SMILES string of the molecule is CS(=O)(=O)N1CCC2C1CCN2C(=O)C(N)C1CCCCC1. The van der Waals surface area contributed by atoms with Crippen LogP contribution in [0.15, 0.2) is 0 Å². The van der Waals surface area contributed by atoms with Gasteiger partial charge in [0.1, 0.15) is 0 Å². The fourth-order valence-electron chi connectivity index (χ4n) is 4.52. The Hall–Kier alpha value is -0.660. The quantitative estimate of drug-likeness (QED) is 0.818. The highest BCUT2D eigenvalue weighted by Gasteiger charge is 2.48. The Bertz CT molecular complexity index is 530. The van der Waals surface area contributed by atoms with Gasteiger partial charge in [-0.2, -0.15) is 4.31 Å². The Morgan fingerprint density at radius 2 is 1.68 bits per heavy atom. The standard InChI is InChI=1S/C15H27N3O3S/c1-22(20,21)18-10-8-12-13(18)7-9-17(12)15(19)14(16)11-5-3-2-4-6-11/h11-14H,2-10,16H2,1H3. The van der Waals surface area contributed by atoms with Crippen molar-refractivity contribution in [1.82, 2.24) is 9.21 Å². The van der Waals surface area contributed by atoms with Gasteiger partial charge in [-0.25, -0.2) is 8.42 Å². The van der Waals surface area contributed by atoms with Gasteiger partial charge in [0.25, 0.3) is 0 Å². The number of nitrogens with zero attached hydrogens (tertiary/aromatic N) is 2. The summed E-state index contributed by atoms with van der Waals surface area (Å²) in [5.74, 6) is 0.336. The van der Waals surface area contributed by atoms with Crippen molar-refractivity contribution in [3.63, 3.8) is 0 Å². The highest BCUT2D eigenvalue weighted by atomic mass is 32.2. The molecule has 3 unspecified atom stereocenters. The molecule has 3 fully saturated rings. The van der Waals surface area contributed by atoms with Crippen LogP contribution in [0.2, 0.25) is 0 Å². The molecule has 0 spiro atoms. The molecule has 2 heterocycles. The monoisotopic (exact) mass is 329 g/mol. The van der Waals surface area contributed by atoms with Crippen LogP contribution in [0.1, 0.15) is 44.9 Å². The molecule has 126 valence electrons. The molecule has 3 aliphatic rings. The third-order valence-corrected chi connectivity index (χ3v) is 6.98. The first-order valence-corrected chi connectivity index (χ1v) is 10.3. The van der Waals surface area contributed by atoms with Gasteiger partial charge >= 0.3 is 0 Å². The second-order valence-corrected chi connectivity index (χ2v) is 8.98.